The number of ketones is 1. The first-order chi connectivity index (χ1) is 17.1. The summed E-state index contributed by atoms with van der Waals surface area (Å²) in [7, 11) is 0. The van der Waals surface area contributed by atoms with Gasteiger partial charge in [0, 0.05) is 30.1 Å². The van der Waals surface area contributed by atoms with Gasteiger partial charge in [0.25, 0.3) is 0 Å². The zero-order valence-corrected chi connectivity index (χ0v) is 19.4. The van der Waals surface area contributed by atoms with E-state index in [4.69, 9.17) is 4.74 Å². The highest BCUT2D eigenvalue weighted by atomic mass is 19.1. The molecule has 6 heteroatoms. The normalized spacial score (nSPS) is 22.9. The third-order valence-corrected chi connectivity index (χ3v) is 7.93. The lowest BCUT2D eigenvalue weighted by Crippen LogP contribution is -2.56. The predicted molar refractivity (Wildman–Crippen MR) is 130 cm³/mol. The number of rotatable bonds is 4. The van der Waals surface area contributed by atoms with Gasteiger partial charge in [0.1, 0.15) is 6.61 Å². The molecule has 1 amide bonds. The van der Waals surface area contributed by atoms with Crippen LogP contribution in [0.3, 0.4) is 0 Å². The quantitative estimate of drug-likeness (QED) is 0.440. The van der Waals surface area contributed by atoms with E-state index in [1.54, 1.807) is 0 Å². The molecule has 3 aromatic rings. The number of benzene rings is 2. The molecule has 1 aromatic heterocycles. The lowest BCUT2D eigenvalue weighted by molar-refractivity contribution is 0.00642. The highest BCUT2D eigenvalue weighted by Gasteiger charge is 2.44. The van der Waals surface area contributed by atoms with E-state index in [9.17, 15) is 14.0 Å². The van der Waals surface area contributed by atoms with E-state index in [0.717, 1.165) is 25.5 Å². The molecule has 2 unspecified atom stereocenters. The van der Waals surface area contributed by atoms with Crippen LogP contribution in [0.15, 0.2) is 67.0 Å². The van der Waals surface area contributed by atoms with Gasteiger partial charge < -0.3 is 9.64 Å². The fraction of sp³-hybridized carbons (Fsp3) is 0.345. The molecular formula is C29H27FN2O3. The molecule has 3 heterocycles. The summed E-state index contributed by atoms with van der Waals surface area (Å²) in [6, 6.07) is 17.9. The number of aromatic nitrogens is 1. The Hall–Kier alpha value is -3.54. The Morgan fingerprint density at radius 1 is 0.943 bits per heavy atom. The number of hydrogen-bond donors (Lipinski definition) is 0. The lowest BCUT2D eigenvalue weighted by atomic mass is 9.76. The van der Waals surface area contributed by atoms with E-state index in [1.165, 1.54) is 34.5 Å². The molecule has 2 bridgehead atoms. The number of nitrogens with zero attached hydrogens (tertiary/aromatic N) is 2. The van der Waals surface area contributed by atoms with Crippen molar-refractivity contribution in [3.8, 4) is 11.1 Å². The molecule has 178 valence electrons. The number of carbonyl (C=O) groups excluding carboxylic acids is 2. The largest absolute Gasteiger partial charge is 0.448 e. The minimum Gasteiger partial charge on any atom is -0.448 e. The van der Waals surface area contributed by atoms with Gasteiger partial charge in [-0.1, -0.05) is 48.5 Å². The van der Waals surface area contributed by atoms with Gasteiger partial charge in [0.05, 0.1) is 11.8 Å². The van der Waals surface area contributed by atoms with Crippen molar-refractivity contribution in [2.75, 3.05) is 6.61 Å². The number of fused-ring (bicyclic) bond motifs is 5. The molecule has 0 N–H and O–H groups in total. The minimum atomic E-state index is -0.582. The Kier molecular flexibility index (Phi) is 5.59. The maximum Gasteiger partial charge on any atom is 0.410 e. The molecule has 2 atom stereocenters. The fourth-order valence-electron chi connectivity index (χ4n) is 6.36. The van der Waals surface area contributed by atoms with Crippen LogP contribution in [-0.4, -0.2) is 40.5 Å². The van der Waals surface area contributed by atoms with Crippen molar-refractivity contribution < 1.29 is 18.7 Å². The van der Waals surface area contributed by atoms with Gasteiger partial charge in [-0.15, -0.1) is 0 Å². The summed E-state index contributed by atoms with van der Waals surface area (Å²) in [6.45, 7) is 0.285. The number of piperidine rings is 2. The van der Waals surface area contributed by atoms with Gasteiger partial charge in [-0.2, -0.15) is 0 Å². The second kappa shape index (κ2) is 8.91. The van der Waals surface area contributed by atoms with Crippen molar-refractivity contribution in [1.29, 1.82) is 0 Å². The smallest absolute Gasteiger partial charge is 0.410 e. The molecule has 2 aromatic carbocycles. The average Bonchev–Trinajstić information content (AvgIpc) is 3.20. The van der Waals surface area contributed by atoms with Crippen LogP contribution in [-0.2, 0) is 4.74 Å². The van der Waals surface area contributed by atoms with Crippen molar-refractivity contribution in [2.45, 2.75) is 50.1 Å². The van der Waals surface area contributed by atoms with Crippen molar-refractivity contribution in [3.05, 3.63) is 89.5 Å². The number of Topliss-reactive ketones (excluding diaryl/α,β-unsaturated/α-hetero) is 1. The first-order valence-corrected chi connectivity index (χ1v) is 12.4. The zero-order valence-electron chi connectivity index (χ0n) is 19.4. The van der Waals surface area contributed by atoms with Gasteiger partial charge in [-0.25, -0.2) is 9.18 Å². The lowest BCUT2D eigenvalue weighted by Gasteiger charge is -2.47. The summed E-state index contributed by atoms with van der Waals surface area (Å²) in [5.41, 5.74) is 4.86. The number of ether oxygens (including phenoxy) is 1. The Morgan fingerprint density at radius 2 is 1.57 bits per heavy atom. The molecule has 5 nitrogen and oxygen atoms in total. The van der Waals surface area contributed by atoms with Crippen LogP contribution >= 0.6 is 0 Å². The monoisotopic (exact) mass is 470 g/mol. The molecule has 0 saturated carbocycles. The van der Waals surface area contributed by atoms with Crippen molar-refractivity contribution in [1.82, 2.24) is 9.88 Å². The van der Waals surface area contributed by atoms with Crippen LogP contribution in [0.4, 0.5) is 9.18 Å². The topological polar surface area (TPSA) is 59.5 Å². The van der Waals surface area contributed by atoms with Gasteiger partial charge in [0.15, 0.2) is 11.6 Å². The molecule has 1 aliphatic carbocycles. The minimum absolute atomic E-state index is 0.0139. The van der Waals surface area contributed by atoms with Crippen molar-refractivity contribution in [2.24, 2.45) is 5.92 Å². The number of carbonyl (C=O) groups is 2. The zero-order chi connectivity index (χ0) is 23.9. The van der Waals surface area contributed by atoms with Gasteiger partial charge in [0.2, 0.25) is 0 Å². The number of hydrogen-bond acceptors (Lipinski definition) is 4. The molecule has 2 fully saturated rings. The molecular weight excluding hydrogens is 443 g/mol. The average molecular weight is 471 g/mol. The molecule has 6 rings (SSSR count). The third kappa shape index (κ3) is 3.81. The molecule has 0 radical (unpaired) electrons. The molecule has 2 aliphatic heterocycles. The first kappa shape index (κ1) is 22.0. The van der Waals surface area contributed by atoms with Gasteiger partial charge in [-0.05, 0) is 60.4 Å². The molecule has 3 aliphatic rings. The van der Waals surface area contributed by atoms with E-state index < -0.39 is 5.82 Å². The van der Waals surface area contributed by atoms with Crippen LogP contribution < -0.4 is 0 Å². The summed E-state index contributed by atoms with van der Waals surface area (Å²) in [5, 5.41) is 0. The SMILES string of the molecule is O=C(c1ccncc1F)C1CC2CCCC(C1)N2C(=O)OCC1c2ccccc2-c2ccccc21. The Morgan fingerprint density at radius 3 is 2.20 bits per heavy atom. The second-order valence-electron chi connectivity index (χ2n) is 9.84. The van der Waals surface area contributed by atoms with Gasteiger partial charge >= 0.3 is 6.09 Å². The van der Waals surface area contributed by atoms with Crippen LogP contribution in [0.2, 0.25) is 0 Å². The fourth-order valence-corrected chi connectivity index (χ4v) is 6.36. The van der Waals surface area contributed by atoms with Crippen LogP contribution in [0.1, 0.15) is 59.5 Å². The Balaban J connectivity index is 1.17. The van der Waals surface area contributed by atoms with Crippen molar-refractivity contribution >= 4 is 11.9 Å². The van der Waals surface area contributed by atoms with Crippen LogP contribution in [0.5, 0.6) is 0 Å². The van der Waals surface area contributed by atoms with E-state index in [1.807, 2.05) is 29.2 Å². The van der Waals surface area contributed by atoms with Crippen LogP contribution in [0.25, 0.3) is 11.1 Å². The van der Waals surface area contributed by atoms with E-state index in [-0.39, 0.29) is 48.0 Å². The number of pyridine rings is 1. The maximum absolute atomic E-state index is 14.2. The first-order valence-electron chi connectivity index (χ1n) is 12.4. The molecule has 35 heavy (non-hydrogen) atoms. The van der Waals surface area contributed by atoms with E-state index in [0.29, 0.717) is 12.8 Å². The summed E-state index contributed by atoms with van der Waals surface area (Å²) in [4.78, 5) is 32.0. The summed E-state index contributed by atoms with van der Waals surface area (Å²) in [6.07, 6.45) is 6.01. The predicted octanol–water partition coefficient (Wildman–Crippen LogP) is 5.99. The highest BCUT2D eigenvalue weighted by molar-refractivity contribution is 5.98. The second-order valence-corrected chi connectivity index (χ2v) is 9.84. The molecule has 0 spiro atoms. The van der Waals surface area contributed by atoms with Crippen molar-refractivity contribution in [3.63, 3.8) is 0 Å². The summed E-state index contributed by atoms with van der Waals surface area (Å²) in [5.74, 6) is -1.05. The molecule has 2 saturated heterocycles. The number of halogens is 1. The Bertz CT molecular complexity index is 1230. The highest BCUT2D eigenvalue weighted by Crippen LogP contribution is 2.45. The van der Waals surface area contributed by atoms with E-state index >= 15 is 0 Å². The number of amides is 1. The summed E-state index contributed by atoms with van der Waals surface area (Å²) < 4.78 is 20.1. The Labute approximate surface area is 203 Å². The third-order valence-electron chi connectivity index (χ3n) is 7.93. The standard InChI is InChI=1S/C29H27FN2O3/c30-27-16-31-13-12-25(27)28(33)18-14-19-6-5-7-20(15-18)32(19)29(34)35-17-26-23-10-3-1-8-21(23)22-9-2-4-11-24(22)26/h1-4,8-13,16,18-20,26H,5-7,14-15,17H2. The summed E-state index contributed by atoms with van der Waals surface area (Å²) >= 11 is 0. The maximum atomic E-state index is 14.2. The van der Waals surface area contributed by atoms with E-state index in [2.05, 4.69) is 29.2 Å². The van der Waals surface area contributed by atoms with Crippen LogP contribution in [0, 0.1) is 11.7 Å². The van der Waals surface area contributed by atoms with Gasteiger partial charge in [-0.3, -0.25) is 9.78 Å².